The molecule has 0 radical (unpaired) electrons. The lowest BCUT2D eigenvalue weighted by atomic mass is 10.1. The Bertz CT molecular complexity index is 359. The second-order valence-corrected chi connectivity index (χ2v) is 4.63. The molecule has 2 unspecified atom stereocenters. The summed E-state index contributed by atoms with van der Waals surface area (Å²) in [5, 5.41) is 12.1. The van der Waals surface area contributed by atoms with Crippen molar-refractivity contribution in [2.75, 3.05) is 27.2 Å². The predicted molar refractivity (Wildman–Crippen MR) is 72.0 cm³/mol. The Kier molecular flexibility index (Phi) is 6.25. The van der Waals surface area contributed by atoms with Gasteiger partial charge in [-0.2, -0.15) is 0 Å². The Morgan fingerprint density at radius 1 is 1.39 bits per heavy atom. The van der Waals surface area contributed by atoms with Crippen molar-refractivity contribution in [1.82, 2.24) is 10.2 Å². The number of aliphatic hydroxyl groups is 1. The molecule has 0 saturated heterocycles. The minimum Gasteiger partial charge on any atom is -0.396 e. The smallest absolute Gasteiger partial charge is 0.127 e. The Morgan fingerprint density at radius 2 is 2.06 bits per heavy atom. The summed E-state index contributed by atoms with van der Waals surface area (Å²) in [7, 11) is 3.85. The van der Waals surface area contributed by atoms with Crippen molar-refractivity contribution in [2.24, 2.45) is 0 Å². The average Bonchev–Trinajstić information content (AvgIpc) is 2.37. The van der Waals surface area contributed by atoms with Crippen molar-refractivity contribution < 1.29 is 9.50 Å². The summed E-state index contributed by atoms with van der Waals surface area (Å²) >= 11 is 0. The van der Waals surface area contributed by atoms with Crippen LogP contribution < -0.4 is 5.32 Å². The maximum Gasteiger partial charge on any atom is 0.127 e. The summed E-state index contributed by atoms with van der Waals surface area (Å²) in [6.07, 6.45) is 0.699. The van der Waals surface area contributed by atoms with Crippen molar-refractivity contribution in [3.8, 4) is 0 Å². The summed E-state index contributed by atoms with van der Waals surface area (Å²) in [6.45, 7) is 2.92. The van der Waals surface area contributed by atoms with E-state index in [9.17, 15) is 4.39 Å². The van der Waals surface area contributed by atoms with Crippen LogP contribution >= 0.6 is 0 Å². The van der Waals surface area contributed by atoms with Crippen LogP contribution in [0.1, 0.15) is 24.9 Å². The number of hydrogen-bond donors (Lipinski definition) is 2. The van der Waals surface area contributed by atoms with Crippen LogP contribution in [0.4, 0.5) is 4.39 Å². The molecule has 0 bridgehead atoms. The van der Waals surface area contributed by atoms with Crippen molar-refractivity contribution in [3.63, 3.8) is 0 Å². The summed E-state index contributed by atoms with van der Waals surface area (Å²) in [4.78, 5) is 2.09. The van der Waals surface area contributed by atoms with Gasteiger partial charge in [0, 0.05) is 30.8 Å². The van der Waals surface area contributed by atoms with Gasteiger partial charge in [-0.05, 0) is 33.5 Å². The first-order valence-corrected chi connectivity index (χ1v) is 6.33. The average molecular weight is 254 g/mol. The molecular formula is C14H23FN2O. The largest absolute Gasteiger partial charge is 0.396 e. The van der Waals surface area contributed by atoms with Crippen LogP contribution in [-0.2, 0) is 0 Å². The van der Waals surface area contributed by atoms with E-state index in [1.54, 1.807) is 6.07 Å². The summed E-state index contributed by atoms with van der Waals surface area (Å²) in [5.41, 5.74) is 0.707. The van der Waals surface area contributed by atoms with Gasteiger partial charge in [-0.3, -0.25) is 4.90 Å². The quantitative estimate of drug-likeness (QED) is 0.778. The molecule has 18 heavy (non-hydrogen) atoms. The lowest BCUT2D eigenvalue weighted by Crippen LogP contribution is -2.39. The highest BCUT2D eigenvalue weighted by molar-refractivity contribution is 5.20. The van der Waals surface area contributed by atoms with E-state index in [0.717, 1.165) is 6.54 Å². The molecule has 0 amide bonds. The molecule has 1 aromatic rings. The van der Waals surface area contributed by atoms with Crippen molar-refractivity contribution >= 4 is 0 Å². The number of benzene rings is 1. The second-order valence-electron chi connectivity index (χ2n) is 4.63. The van der Waals surface area contributed by atoms with Crippen LogP contribution in [0.25, 0.3) is 0 Å². The van der Waals surface area contributed by atoms with E-state index in [4.69, 9.17) is 5.11 Å². The minimum atomic E-state index is -0.167. The maximum atomic E-state index is 13.7. The molecule has 1 rings (SSSR count). The Hall–Kier alpha value is -0.970. The van der Waals surface area contributed by atoms with E-state index < -0.39 is 0 Å². The van der Waals surface area contributed by atoms with E-state index in [2.05, 4.69) is 10.2 Å². The van der Waals surface area contributed by atoms with Gasteiger partial charge in [0.1, 0.15) is 5.82 Å². The topological polar surface area (TPSA) is 35.5 Å². The first-order chi connectivity index (χ1) is 8.60. The fourth-order valence-corrected chi connectivity index (χ4v) is 2.04. The van der Waals surface area contributed by atoms with Crippen LogP contribution in [0.2, 0.25) is 0 Å². The number of hydrogen-bond acceptors (Lipinski definition) is 3. The second kappa shape index (κ2) is 7.46. The van der Waals surface area contributed by atoms with Gasteiger partial charge in [0.25, 0.3) is 0 Å². The van der Waals surface area contributed by atoms with Crippen LogP contribution in [0.3, 0.4) is 0 Å². The van der Waals surface area contributed by atoms with Crippen LogP contribution in [0.5, 0.6) is 0 Å². The summed E-state index contributed by atoms with van der Waals surface area (Å²) in [5.74, 6) is -0.167. The monoisotopic (exact) mass is 254 g/mol. The fraction of sp³-hybridized carbons (Fsp3) is 0.571. The molecule has 3 nitrogen and oxygen atoms in total. The molecule has 2 N–H and O–H groups in total. The first kappa shape index (κ1) is 15.1. The van der Waals surface area contributed by atoms with Gasteiger partial charge in [-0.25, -0.2) is 4.39 Å². The van der Waals surface area contributed by atoms with Crippen molar-refractivity contribution in [1.29, 1.82) is 0 Å². The molecule has 1 aromatic carbocycles. The Labute approximate surface area is 109 Å². The maximum absolute atomic E-state index is 13.7. The Morgan fingerprint density at radius 3 is 2.61 bits per heavy atom. The molecule has 0 saturated carbocycles. The molecule has 0 aromatic heterocycles. The van der Waals surface area contributed by atoms with Gasteiger partial charge in [0.2, 0.25) is 0 Å². The van der Waals surface area contributed by atoms with Crippen molar-refractivity contribution in [3.05, 3.63) is 35.6 Å². The normalized spacial score (nSPS) is 14.8. The highest BCUT2D eigenvalue weighted by atomic mass is 19.1. The van der Waals surface area contributed by atoms with Crippen LogP contribution in [0, 0.1) is 5.82 Å². The molecule has 0 aliphatic rings. The number of nitrogens with zero attached hydrogens (tertiary/aromatic N) is 1. The van der Waals surface area contributed by atoms with E-state index in [1.165, 1.54) is 6.07 Å². The molecular weight excluding hydrogens is 231 g/mol. The van der Waals surface area contributed by atoms with Gasteiger partial charge in [-0.1, -0.05) is 18.2 Å². The molecule has 2 atom stereocenters. The van der Waals surface area contributed by atoms with Gasteiger partial charge in [0.05, 0.1) is 0 Å². The number of nitrogens with one attached hydrogen (secondary N) is 1. The zero-order valence-electron chi connectivity index (χ0n) is 11.4. The number of aliphatic hydroxyl groups excluding tert-OH is 1. The fourth-order valence-electron chi connectivity index (χ4n) is 2.04. The lowest BCUT2D eigenvalue weighted by molar-refractivity contribution is 0.202. The van der Waals surface area contributed by atoms with Gasteiger partial charge < -0.3 is 10.4 Å². The van der Waals surface area contributed by atoms with E-state index in [-0.39, 0.29) is 24.5 Å². The molecule has 0 heterocycles. The summed E-state index contributed by atoms with van der Waals surface area (Å²) in [6, 6.07) is 7.09. The van der Waals surface area contributed by atoms with Crippen LogP contribution in [0.15, 0.2) is 24.3 Å². The van der Waals surface area contributed by atoms with E-state index in [0.29, 0.717) is 12.0 Å². The standard InChI is InChI=1S/C14H23FN2O/c1-11(13-6-4-5-7-14(13)15)17(3)10-12(16-2)8-9-18/h4-7,11-12,16,18H,8-10H2,1-3H3. The molecule has 0 fully saturated rings. The molecule has 0 aliphatic carbocycles. The minimum absolute atomic E-state index is 0.0146. The number of halogens is 1. The first-order valence-electron chi connectivity index (χ1n) is 6.33. The zero-order chi connectivity index (χ0) is 13.5. The summed E-state index contributed by atoms with van der Waals surface area (Å²) < 4.78 is 13.7. The highest BCUT2D eigenvalue weighted by Gasteiger charge is 2.17. The van der Waals surface area contributed by atoms with Crippen molar-refractivity contribution in [2.45, 2.75) is 25.4 Å². The molecule has 102 valence electrons. The molecule has 0 spiro atoms. The zero-order valence-corrected chi connectivity index (χ0v) is 11.4. The third-order valence-corrected chi connectivity index (χ3v) is 3.41. The van der Waals surface area contributed by atoms with E-state index in [1.807, 2.05) is 33.2 Å². The number of likely N-dealkylation sites (N-methyl/N-ethyl adjacent to an activating group) is 2. The van der Waals surface area contributed by atoms with Gasteiger partial charge in [-0.15, -0.1) is 0 Å². The Balaban J connectivity index is 2.66. The lowest BCUT2D eigenvalue weighted by Gasteiger charge is -2.29. The third kappa shape index (κ3) is 4.05. The van der Waals surface area contributed by atoms with E-state index >= 15 is 0 Å². The SMILES string of the molecule is CNC(CCO)CN(C)C(C)c1ccccc1F. The van der Waals surface area contributed by atoms with Crippen LogP contribution in [-0.4, -0.2) is 43.3 Å². The van der Waals surface area contributed by atoms with Gasteiger partial charge >= 0.3 is 0 Å². The van der Waals surface area contributed by atoms with Gasteiger partial charge in [0.15, 0.2) is 0 Å². The number of rotatable bonds is 7. The third-order valence-electron chi connectivity index (χ3n) is 3.41. The highest BCUT2D eigenvalue weighted by Crippen LogP contribution is 2.21. The molecule has 0 aliphatic heterocycles. The molecule has 4 heteroatoms. The predicted octanol–water partition coefficient (Wildman–Crippen LogP) is 1.79.